The molecule has 19 heavy (non-hydrogen) atoms. The summed E-state index contributed by atoms with van der Waals surface area (Å²) in [5.74, 6) is 0. The van der Waals surface area contributed by atoms with Crippen molar-refractivity contribution in [3.63, 3.8) is 0 Å². The molecule has 0 aliphatic heterocycles. The van der Waals surface area contributed by atoms with Gasteiger partial charge in [0.1, 0.15) is 0 Å². The van der Waals surface area contributed by atoms with E-state index in [1.165, 1.54) is 5.56 Å². The van der Waals surface area contributed by atoms with Gasteiger partial charge in [-0.3, -0.25) is 0 Å². The first-order valence-corrected chi connectivity index (χ1v) is 6.99. The van der Waals surface area contributed by atoms with Gasteiger partial charge in [0.15, 0.2) is 0 Å². The van der Waals surface area contributed by atoms with Gasteiger partial charge in [0.05, 0.1) is 6.61 Å². The van der Waals surface area contributed by atoms with E-state index in [0.29, 0.717) is 0 Å². The maximum atomic E-state index is 9.53. The number of fused-ring (bicyclic) bond motifs is 1. The highest BCUT2D eigenvalue weighted by Gasteiger charge is 2.08. The number of nitrogens with zero attached hydrogens (tertiary/aromatic N) is 1. The van der Waals surface area contributed by atoms with Crippen molar-refractivity contribution in [1.82, 2.24) is 4.57 Å². The number of aliphatic hydroxyl groups excluding tert-OH is 1. The maximum absolute atomic E-state index is 9.53. The maximum Gasteiger partial charge on any atom is 0.0833 e. The molecule has 3 rings (SSSR count). The number of hydrogen-bond acceptors (Lipinski definition) is 1. The summed E-state index contributed by atoms with van der Waals surface area (Å²) in [6.07, 6.45) is 0. The van der Waals surface area contributed by atoms with Crippen molar-refractivity contribution in [3.05, 3.63) is 70.3 Å². The molecule has 3 heteroatoms. The molecule has 0 bridgehead atoms. The summed E-state index contributed by atoms with van der Waals surface area (Å²) in [6.45, 7) is 0.834. The van der Waals surface area contributed by atoms with Crippen molar-refractivity contribution in [1.29, 1.82) is 0 Å². The van der Waals surface area contributed by atoms with Gasteiger partial charge >= 0.3 is 0 Å². The molecular formula is C16H14BrNO. The van der Waals surface area contributed by atoms with Gasteiger partial charge in [0.25, 0.3) is 0 Å². The van der Waals surface area contributed by atoms with E-state index in [9.17, 15) is 5.11 Å². The van der Waals surface area contributed by atoms with Gasteiger partial charge in [-0.1, -0.05) is 46.3 Å². The van der Waals surface area contributed by atoms with Crippen LogP contribution in [0.5, 0.6) is 0 Å². The van der Waals surface area contributed by atoms with Gasteiger partial charge in [0, 0.05) is 27.6 Å². The predicted octanol–water partition coefficient (Wildman–Crippen LogP) is 3.94. The molecule has 0 saturated heterocycles. The highest BCUT2D eigenvalue weighted by molar-refractivity contribution is 9.10. The van der Waals surface area contributed by atoms with Crippen LogP contribution < -0.4 is 0 Å². The molecule has 96 valence electrons. The number of halogens is 1. The lowest BCUT2D eigenvalue weighted by atomic mass is 10.2. The van der Waals surface area contributed by atoms with Crippen LogP contribution in [0.2, 0.25) is 0 Å². The van der Waals surface area contributed by atoms with E-state index in [1.807, 2.05) is 30.3 Å². The van der Waals surface area contributed by atoms with Crippen LogP contribution in [0, 0.1) is 0 Å². The lowest BCUT2D eigenvalue weighted by molar-refractivity contribution is 0.272. The minimum atomic E-state index is 0.0547. The molecule has 0 aliphatic carbocycles. The van der Waals surface area contributed by atoms with E-state index in [0.717, 1.165) is 27.6 Å². The van der Waals surface area contributed by atoms with Gasteiger partial charge in [0.2, 0.25) is 0 Å². The van der Waals surface area contributed by atoms with E-state index < -0.39 is 0 Å². The molecule has 1 heterocycles. The molecule has 2 nitrogen and oxygen atoms in total. The zero-order chi connectivity index (χ0) is 13.2. The van der Waals surface area contributed by atoms with Crippen molar-refractivity contribution in [3.8, 4) is 0 Å². The normalized spacial score (nSPS) is 11.1. The van der Waals surface area contributed by atoms with Crippen molar-refractivity contribution in [2.45, 2.75) is 13.2 Å². The first-order valence-electron chi connectivity index (χ1n) is 6.20. The molecule has 0 amide bonds. The zero-order valence-electron chi connectivity index (χ0n) is 10.4. The van der Waals surface area contributed by atoms with E-state index >= 15 is 0 Å². The van der Waals surface area contributed by atoms with Crippen molar-refractivity contribution < 1.29 is 5.11 Å². The zero-order valence-corrected chi connectivity index (χ0v) is 12.0. The van der Waals surface area contributed by atoms with E-state index in [-0.39, 0.29) is 6.61 Å². The monoisotopic (exact) mass is 315 g/mol. The molecule has 0 unspecified atom stereocenters. The average Bonchev–Trinajstić information content (AvgIpc) is 2.77. The van der Waals surface area contributed by atoms with Gasteiger partial charge in [-0.25, -0.2) is 0 Å². The molecule has 0 spiro atoms. The summed E-state index contributed by atoms with van der Waals surface area (Å²) in [5, 5.41) is 10.7. The van der Waals surface area contributed by atoms with Crippen molar-refractivity contribution in [2.24, 2.45) is 0 Å². The second-order valence-electron chi connectivity index (χ2n) is 4.57. The highest BCUT2D eigenvalue weighted by Crippen LogP contribution is 2.24. The minimum absolute atomic E-state index is 0.0547. The summed E-state index contributed by atoms with van der Waals surface area (Å²) < 4.78 is 3.22. The third kappa shape index (κ3) is 2.44. The number of rotatable bonds is 3. The van der Waals surface area contributed by atoms with Crippen molar-refractivity contribution in [2.75, 3.05) is 0 Å². The number of aromatic nitrogens is 1. The fraction of sp³-hybridized carbons (Fsp3) is 0.125. The number of benzene rings is 2. The first kappa shape index (κ1) is 12.5. The summed E-state index contributed by atoms with van der Waals surface area (Å²) in [5.41, 5.74) is 3.32. The summed E-state index contributed by atoms with van der Waals surface area (Å²) in [4.78, 5) is 0. The van der Waals surface area contributed by atoms with Crippen LogP contribution in [-0.4, -0.2) is 9.67 Å². The summed E-state index contributed by atoms with van der Waals surface area (Å²) in [6, 6.07) is 18.5. The number of aliphatic hydroxyl groups is 1. The molecule has 2 aromatic carbocycles. The highest BCUT2D eigenvalue weighted by atomic mass is 79.9. The molecule has 0 radical (unpaired) electrons. The van der Waals surface area contributed by atoms with Gasteiger partial charge in [-0.05, 0) is 29.8 Å². The topological polar surface area (TPSA) is 25.2 Å². The third-order valence-electron chi connectivity index (χ3n) is 3.29. The fourth-order valence-corrected chi connectivity index (χ4v) is 2.76. The van der Waals surface area contributed by atoms with Crippen LogP contribution in [0.25, 0.3) is 10.9 Å². The lowest BCUT2D eigenvalue weighted by Crippen LogP contribution is -2.03. The Morgan fingerprint density at radius 2 is 1.79 bits per heavy atom. The Kier molecular flexibility index (Phi) is 3.40. The second-order valence-corrected chi connectivity index (χ2v) is 5.48. The quantitative estimate of drug-likeness (QED) is 0.778. The smallest absolute Gasteiger partial charge is 0.0833 e. The molecule has 3 aromatic rings. The Hall–Kier alpha value is -1.58. The van der Waals surface area contributed by atoms with Crippen LogP contribution in [0.1, 0.15) is 11.3 Å². The first-order chi connectivity index (χ1) is 9.28. The Bertz CT molecular complexity index is 703. The molecule has 1 aromatic heterocycles. The standard InChI is InChI=1S/C16H14BrNO/c17-14-6-7-16-13(8-14)9-15(11-19)18(16)10-12-4-2-1-3-5-12/h1-9,19H,10-11H2. The van der Waals surface area contributed by atoms with Gasteiger partial charge in [-0.2, -0.15) is 0 Å². The average molecular weight is 316 g/mol. The molecule has 1 N–H and O–H groups in total. The Morgan fingerprint density at radius 1 is 1.00 bits per heavy atom. The summed E-state index contributed by atoms with van der Waals surface area (Å²) >= 11 is 3.48. The van der Waals surface area contributed by atoms with Crippen molar-refractivity contribution >= 4 is 26.8 Å². The molecule has 0 fully saturated rings. The lowest BCUT2D eigenvalue weighted by Gasteiger charge is -2.09. The van der Waals surface area contributed by atoms with Crippen LogP contribution >= 0.6 is 15.9 Å². The Balaban J connectivity index is 2.11. The Labute approximate surface area is 120 Å². The number of hydrogen-bond donors (Lipinski definition) is 1. The van der Waals surface area contributed by atoms with Gasteiger partial charge in [-0.15, -0.1) is 0 Å². The second kappa shape index (κ2) is 5.19. The van der Waals surface area contributed by atoms with E-state index in [2.05, 4.69) is 44.8 Å². The van der Waals surface area contributed by atoms with Crippen LogP contribution in [0.4, 0.5) is 0 Å². The third-order valence-corrected chi connectivity index (χ3v) is 3.79. The van der Waals surface area contributed by atoms with E-state index in [1.54, 1.807) is 0 Å². The Morgan fingerprint density at radius 3 is 2.53 bits per heavy atom. The molecule has 0 aliphatic rings. The SMILES string of the molecule is OCc1cc2cc(Br)ccc2n1Cc1ccccc1. The minimum Gasteiger partial charge on any atom is -0.390 e. The van der Waals surface area contributed by atoms with Gasteiger partial charge < -0.3 is 9.67 Å². The van der Waals surface area contributed by atoms with Crippen LogP contribution in [0.3, 0.4) is 0 Å². The molecular weight excluding hydrogens is 302 g/mol. The molecule has 0 atom stereocenters. The summed E-state index contributed by atoms with van der Waals surface area (Å²) in [7, 11) is 0. The van der Waals surface area contributed by atoms with E-state index in [4.69, 9.17) is 0 Å². The van der Waals surface area contributed by atoms with Crippen LogP contribution in [-0.2, 0) is 13.2 Å². The molecule has 0 saturated carbocycles. The fourth-order valence-electron chi connectivity index (χ4n) is 2.38. The predicted molar refractivity (Wildman–Crippen MR) is 81.1 cm³/mol. The van der Waals surface area contributed by atoms with Crippen LogP contribution in [0.15, 0.2) is 59.1 Å². The largest absolute Gasteiger partial charge is 0.390 e.